The first-order chi connectivity index (χ1) is 9.56. The number of nitrogens with zero attached hydrogens (tertiary/aromatic N) is 3. The van der Waals surface area contributed by atoms with Gasteiger partial charge in [0.25, 0.3) is 0 Å². The molecule has 2 heterocycles. The monoisotopic (exact) mass is 329 g/mol. The summed E-state index contributed by atoms with van der Waals surface area (Å²) in [5.41, 5.74) is 4.60. The van der Waals surface area contributed by atoms with E-state index < -0.39 is 0 Å². The van der Waals surface area contributed by atoms with Crippen molar-refractivity contribution >= 4 is 27.1 Å². The van der Waals surface area contributed by atoms with Gasteiger partial charge in [0.05, 0.1) is 5.52 Å². The Hall–Kier alpha value is -1.81. The highest BCUT2D eigenvalue weighted by atomic mass is 79.9. The summed E-state index contributed by atoms with van der Waals surface area (Å²) in [6.07, 6.45) is 2.07. The van der Waals surface area contributed by atoms with Crippen LogP contribution in [0.4, 0.5) is 5.69 Å². The lowest BCUT2D eigenvalue weighted by atomic mass is 10.1. The number of pyridine rings is 1. The van der Waals surface area contributed by atoms with E-state index in [1.807, 2.05) is 14.1 Å². The van der Waals surface area contributed by atoms with E-state index in [0.717, 1.165) is 27.2 Å². The van der Waals surface area contributed by atoms with Crippen LogP contribution in [0.1, 0.15) is 5.56 Å². The van der Waals surface area contributed by atoms with Crippen LogP contribution in [0.15, 0.2) is 47.2 Å². The summed E-state index contributed by atoms with van der Waals surface area (Å²) in [5.74, 6) is 0.959. The molecule has 3 nitrogen and oxygen atoms in total. The molecule has 2 aromatic heterocycles. The van der Waals surface area contributed by atoms with Crippen LogP contribution in [-0.2, 0) is 0 Å². The molecule has 0 aliphatic carbocycles. The quantitative estimate of drug-likeness (QED) is 0.704. The van der Waals surface area contributed by atoms with Crippen LogP contribution >= 0.6 is 15.9 Å². The minimum absolute atomic E-state index is 0.873. The average molecular weight is 330 g/mol. The zero-order valence-electron chi connectivity index (χ0n) is 11.8. The normalized spacial score (nSPS) is 11.0. The summed E-state index contributed by atoms with van der Waals surface area (Å²) in [7, 11) is 4.08. The number of benzene rings is 1. The van der Waals surface area contributed by atoms with Gasteiger partial charge in [0, 0.05) is 31.5 Å². The van der Waals surface area contributed by atoms with Crippen molar-refractivity contribution in [1.82, 2.24) is 9.38 Å². The largest absolute Gasteiger partial charge is 0.378 e. The summed E-state index contributed by atoms with van der Waals surface area (Å²) >= 11 is 3.57. The van der Waals surface area contributed by atoms with Crippen LogP contribution in [0.25, 0.3) is 16.9 Å². The van der Waals surface area contributed by atoms with Gasteiger partial charge in [-0.15, -0.1) is 0 Å². The van der Waals surface area contributed by atoms with Gasteiger partial charge >= 0.3 is 0 Å². The maximum absolute atomic E-state index is 4.66. The van der Waals surface area contributed by atoms with E-state index in [0.29, 0.717) is 0 Å². The van der Waals surface area contributed by atoms with Gasteiger partial charge in [-0.2, -0.15) is 0 Å². The lowest BCUT2D eigenvalue weighted by Gasteiger charge is -2.12. The van der Waals surface area contributed by atoms with Crippen LogP contribution in [0.2, 0.25) is 0 Å². The molecule has 20 heavy (non-hydrogen) atoms. The Morgan fingerprint density at radius 1 is 1.15 bits per heavy atom. The molecular weight excluding hydrogens is 314 g/mol. The van der Waals surface area contributed by atoms with Crippen molar-refractivity contribution in [3.8, 4) is 11.4 Å². The van der Waals surface area contributed by atoms with Crippen LogP contribution in [0.3, 0.4) is 0 Å². The fourth-order valence-electron chi connectivity index (χ4n) is 2.30. The maximum Gasteiger partial charge on any atom is 0.145 e. The van der Waals surface area contributed by atoms with E-state index in [1.54, 1.807) is 0 Å². The number of aromatic nitrogens is 2. The van der Waals surface area contributed by atoms with Crippen LogP contribution in [0, 0.1) is 6.92 Å². The number of halogens is 1. The third kappa shape index (κ3) is 2.20. The highest BCUT2D eigenvalue weighted by molar-refractivity contribution is 9.10. The highest BCUT2D eigenvalue weighted by Crippen LogP contribution is 2.28. The van der Waals surface area contributed by atoms with Crippen LogP contribution in [0.5, 0.6) is 0 Å². The Morgan fingerprint density at radius 2 is 1.95 bits per heavy atom. The molecule has 0 aliphatic rings. The van der Waals surface area contributed by atoms with E-state index in [4.69, 9.17) is 0 Å². The van der Waals surface area contributed by atoms with E-state index in [1.165, 1.54) is 5.56 Å². The van der Waals surface area contributed by atoms with Gasteiger partial charge in [-0.25, -0.2) is 4.98 Å². The summed E-state index contributed by atoms with van der Waals surface area (Å²) in [5, 5.41) is 0. The predicted molar refractivity (Wildman–Crippen MR) is 87.4 cm³/mol. The Morgan fingerprint density at radius 3 is 2.65 bits per heavy atom. The summed E-state index contributed by atoms with van der Waals surface area (Å²) < 4.78 is 2.99. The molecule has 3 rings (SSSR count). The molecule has 4 heteroatoms. The smallest absolute Gasteiger partial charge is 0.145 e. The molecule has 0 spiro atoms. The van der Waals surface area contributed by atoms with Crippen LogP contribution in [-0.4, -0.2) is 23.5 Å². The number of rotatable bonds is 2. The van der Waals surface area contributed by atoms with E-state index in [9.17, 15) is 0 Å². The summed E-state index contributed by atoms with van der Waals surface area (Å²) in [4.78, 5) is 6.75. The summed E-state index contributed by atoms with van der Waals surface area (Å²) in [6, 6.07) is 12.6. The second kappa shape index (κ2) is 4.94. The number of hydrogen-bond donors (Lipinski definition) is 0. The number of aryl methyl sites for hydroxylation is 1. The van der Waals surface area contributed by atoms with Gasteiger partial charge in [0.2, 0.25) is 0 Å². The molecule has 0 radical (unpaired) electrons. The Labute approximate surface area is 127 Å². The molecular formula is C16H16BrN3. The first kappa shape index (κ1) is 13.2. The van der Waals surface area contributed by atoms with Crippen molar-refractivity contribution in [1.29, 1.82) is 0 Å². The first-order valence-corrected chi connectivity index (χ1v) is 7.27. The minimum atomic E-state index is 0.873. The fourth-order valence-corrected chi connectivity index (χ4v) is 2.78. The molecule has 0 unspecified atom stereocenters. The molecule has 0 aliphatic heterocycles. The first-order valence-electron chi connectivity index (χ1n) is 6.48. The second-order valence-electron chi connectivity index (χ2n) is 5.13. The molecule has 0 saturated heterocycles. The lowest BCUT2D eigenvalue weighted by Crippen LogP contribution is -2.08. The summed E-state index contributed by atoms with van der Waals surface area (Å²) in [6.45, 7) is 2.10. The van der Waals surface area contributed by atoms with Crippen molar-refractivity contribution < 1.29 is 0 Å². The molecule has 0 fully saturated rings. The number of anilines is 1. The molecule has 1 aromatic carbocycles. The van der Waals surface area contributed by atoms with E-state index >= 15 is 0 Å². The molecule has 0 atom stereocenters. The van der Waals surface area contributed by atoms with Crippen molar-refractivity contribution in [2.45, 2.75) is 6.92 Å². The molecule has 3 aromatic rings. The molecule has 102 valence electrons. The van der Waals surface area contributed by atoms with E-state index in [-0.39, 0.29) is 0 Å². The number of fused-ring (bicyclic) bond motifs is 1. The van der Waals surface area contributed by atoms with Gasteiger partial charge in [-0.05, 0) is 41.1 Å². The fraction of sp³-hybridized carbons (Fsp3) is 0.188. The van der Waals surface area contributed by atoms with Crippen LogP contribution < -0.4 is 4.90 Å². The third-order valence-corrected chi connectivity index (χ3v) is 3.96. The Kier molecular flexibility index (Phi) is 3.26. The lowest BCUT2D eigenvalue weighted by molar-refractivity contribution is 1.10. The third-order valence-electron chi connectivity index (χ3n) is 3.37. The van der Waals surface area contributed by atoms with Crippen molar-refractivity contribution in [2.75, 3.05) is 19.0 Å². The van der Waals surface area contributed by atoms with Gasteiger partial charge < -0.3 is 4.90 Å². The Bertz CT molecular complexity index is 774. The topological polar surface area (TPSA) is 20.5 Å². The van der Waals surface area contributed by atoms with Crippen molar-refractivity contribution in [2.24, 2.45) is 0 Å². The number of hydrogen-bond acceptors (Lipinski definition) is 2. The van der Waals surface area contributed by atoms with Gasteiger partial charge in [0.1, 0.15) is 10.4 Å². The zero-order valence-corrected chi connectivity index (χ0v) is 13.3. The highest BCUT2D eigenvalue weighted by Gasteiger charge is 2.12. The molecule has 0 amide bonds. The van der Waals surface area contributed by atoms with Crippen molar-refractivity contribution in [3.05, 3.63) is 52.8 Å². The minimum Gasteiger partial charge on any atom is -0.378 e. The van der Waals surface area contributed by atoms with Crippen molar-refractivity contribution in [3.63, 3.8) is 0 Å². The second-order valence-corrected chi connectivity index (χ2v) is 5.88. The maximum atomic E-state index is 4.66. The standard InChI is InChI=1S/C16H16BrN3/c1-11-5-4-6-12(9-11)16-18-15(17)14-10-13(19(2)3)7-8-20(14)16/h4-10H,1-3H3. The Balaban J connectivity index is 2.23. The molecule has 0 bridgehead atoms. The zero-order chi connectivity index (χ0) is 14.3. The molecule has 0 N–H and O–H groups in total. The SMILES string of the molecule is Cc1cccc(-c2nc(Br)c3cc(N(C)C)ccn23)c1. The van der Waals surface area contributed by atoms with Gasteiger partial charge in [0.15, 0.2) is 0 Å². The number of imidazole rings is 1. The van der Waals surface area contributed by atoms with Gasteiger partial charge in [-0.3, -0.25) is 4.40 Å². The van der Waals surface area contributed by atoms with Gasteiger partial charge in [-0.1, -0.05) is 23.8 Å². The predicted octanol–water partition coefficient (Wildman–Crippen LogP) is 4.14. The van der Waals surface area contributed by atoms with E-state index in [2.05, 4.69) is 79.7 Å². The average Bonchev–Trinajstić information content (AvgIpc) is 2.76. The molecule has 0 saturated carbocycles.